The Balaban J connectivity index is 0.000000562. The van der Waals surface area contributed by atoms with Gasteiger partial charge in [-0.25, -0.2) is 0 Å². The molecule has 1 saturated carbocycles. The summed E-state index contributed by atoms with van der Waals surface area (Å²) in [7, 11) is 1.94. The monoisotopic (exact) mass is 851 g/mol. The van der Waals surface area contributed by atoms with E-state index in [9.17, 15) is 4.79 Å². The van der Waals surface area contributed by atoms with E-state index in [2.05, 4.69) is 151 Å². The van der Waals surface area contributed by atoms with Crippen LogP contribution in [0.15, 0.2) is 177 Å². The van der Waals surface area contributed by atoms with Gasteiger partial charge in [0.25, 0.3) is 0 Å². The molecule has 0 saturated heterocycles. The van der Waals surface area contributed by atoms with Crippen molar-refractivity contribution in [3.63, 3.8) is 0 Å². The van der Waals surface area contributed by atoms with Gasteiger partial charge in [-0.15, -0.1) is 19.4 Å². The van der Waals surface area contributed by atoms with E-state index >= 15 is 0 Å². The third kappa shape index (κ3) is 25.2. The molecule has 1 fully saturated rings. The number of benzene rings is 4. The van der Waals surface area contributed by atoms with E-state index in [1.807, 2.05) is 92.0 Å². The smallest absolute Gasteiger partial charge is 0.135 e. The highest BCUT2D eigenvalue weighted by Gasteiger charge is 2.30. The maximum Gasteiger partial charge on any atom is 0.135 e. The average molecular weight is 851 g/mol. The number of nitrogens with one attached hydrogen (secondary N) is 4. The topological polar surface area (TPSA) is 65.2 Å². The van der Waals surface area contributed by atoms with E-state index < -0.39 is 0 Å². The summed E-state index contributed by atoms with van der Waals surface area (Å²) < 4.78 is 0. The molecule has 4 aromatic carbocycles. The van der Waals surface area contributed by atoms with E-state index in [0.717, 1.165) is 48.8 Å². The van der Waals surface area contributed by atoms with Crippen LogP contribution >= 0.6 is 0 Å². The molecule has 4 aromatic rings. The SMILES string of the molecule is C#C.C=C(CNC)NC1CCC([C@H](C)C(=C)NCCC(=O)CC(c2ccccc2)c2ccccc2)C1.C=CC(NC(=C)CCc1ccccc1)C(C)C.CC(C)C.c1ccccc1. The van der Waals surface area contributed by atoms with Gasteiger partial charge in [0.15, 0.2) is 0 Å². The highest BCUT2D eigenvalue weighted by molar-refractivity contribution is 5.80. The Morgan fingerprint density at radius 3 is 1.65 bits per heavy atom. The molecule has 63 heavy (non-hydrogen) atoms. The lowest BCUT2D eigenvalue weighted by Gasteiger charge is -2.24. The van der Waals surface area contributed by atoms with Gasteiger partial charge in [0.1, 0.15) is 5.78 Å². The lowest BCUT2D eigenvalue weighted by atomic mass is 9.86. The summed E-state index contributed by atoms with van der Waals surface area (Å²) in [5.74, 6) is 2.74. The number of allylic oxidation sites excluding steroid dienone is 2. The van der Waals surface area contributed by atoms with E-state index in [1.54, 1.807) is 0 Å². The van der Waals surface area contributed by atoms with Crippen molar-refractivity contribution in [2.45, 2.75) is 104 Å². The summed E-state index contributed by atoms with van der Waals surface area (Å²) >= 11 is 0. The van der Waals surface area contributed by atoms with Gasteiger partial charge >= 0.3 is 0 Å². The Hall–Kier alpha value is -5.57. The zero-order valence-corrected chi connectivity index (χ0v) is 40.0. The number of terminal acetylenes is 1. The highest BCUT2D eigenvalue weighted by atomic mass is 16.1. The first-order valence-corrected chi connectivity index (χ1v) is 22.9. The van der Waals surface area contributed by atoms with Gasteiger partial charge in [-0.2, -0.15) is 0 Å². The zero-order chi connectivity index (χ0) is 46.8. The summed E-state index contributed by atoms with van der Waals surface area (Å²) in [6.07, 6.45) is 16.5. The Bertz CT molecular complexity index is 1750. The molecule has 1 aliphatic rings. The van der Waals surface area contributed by atoms with Crippen molar-refractivity contribution in [3.8, 4) is 12.8 Å². The van der Waals surface area contributed by atoms with Crippen molar-refractivity contribution < 1.29 is 4.79 Å². The number of carbonyl (C=O) groups is 1. The van der Waals surface area contributed by atoms with Gasteiger partial charge in [-0.3, -0.25) is 4.79 Å². The number of likely N-dealkylation sites (N-methyl/N-ethyl adjacent to an activating group) is 1. The number of carbonyl (C=O) groups excluding carboxylic acids is 1. The molecule has 0 heterocycles. The molecule has 1 aliphatic carbocycles. The van der Waals surface area contributed by atoms with Gasteiger partial charge in [0.05, 0.1) is 0 Å². The van der Waals surface area contributed by atoms with E-state index in [1.165, 1.54) is 29.5 Å². The predicted molar refractivity (Wildman–Crippen MR) is 275 cm³/mol. The summed E-state index contributed by atoms with van der Waals surface area (Å²) in [5, 5.41) is 13.6. The van der Waals surface area contributed by atoms with Crippen LogP contribution in [-0.4, -0.2) is 38.0 Å². The Morgan fingerprint density at radius 2 is 1.19 bits per heavy atom. The standard InChI is InChI=1S/C30H41N3O.C16H23N.C6H6.C4H10.C2H2/c1-22(21-31-4)33-28-16-15-27(19-28)23(2)24(3)32-18-17-29(34)20-30(25-11-7-5-8-12-25)26-13-9-6-10-14-26;1-5-16(13(2)3)17-14(4)11-12-15-9-7-6-8-10-15;1-2-4-6-5-3-1;1-4(2)3;1-2/h5-14,23,27-28,30-33H,1,3,15-21H2,2,4H3;5-10,13,16-17H,1,4,11-12H2,2-3H3;1-6H;4H,1-3H3;1-2H/t23-,27?,28?;;;;/m1..../s1. The maximum absolute atomic E-state index is 12.9. The minimum atomic E-state index is 0.0950. The molecule has 340 valence electrons. The quantitative estimate of drug-likeness (QED) is 0.0497. The van der Waals surface area contributed by atoms with E-state index in [-0.39, 0.29) is 11.7 Å². The van der Waals surface area contributed by atoms with Crippen LogP contribution in [0.25, 0.3) is 0 Å². The van der Waals surface area contributed by atoms with Gasteiger partial charge in [-0.05, 0) is 79.5 Å². The second kappa shape index (κ2) is 34.0. The maximum atomic E-state index is 12.9. The number of ketones is 1. The number of rotatable bonds is 21. The van der Waals surface area contributed by atoms with Crippen molar-refractivity contribution in [2.75, 3.05) is 20.1 Å². The minimum Gasteiger partial charge on any atom is -0.388 e. The molecule has 5 heteroatoms. The molecule has 0 aliphatic heterocycles. The third-order valence-corrected chi connectivity index (χ3v) is 10.7. The van der Waals surface area contributed by atoms with Crippen LogP contribution in [-0.2, 0) is 11.2 Å². The minimum absolute atomic E-state index is 0.0950. The third-order valence-electron chi connectivity index (χ3n) is 10.7. The molecular weight excluding hydrogens is 769 g/mol. The van der Waals surface area contributed by atoms with Crippen LogP contribution in [0, 0.1) is 36.5 Å². The van der Waals surface area contributed by atoms with Gasteiger partial charge in [-0.1, -0.05) is 195 Å². The summed E-state index contributed by atoms with van der Waals surface area (Å²) in [4.78, 5) is 12.9. The Labute approximate surface area is 385 Å². The van der Waals surface area contributed by atoms with Gasteiger partial charge in [0, 0.05) is 61.0 Å². The van der Waals surface area contributed by atoms with Crippen LogP contribution in [0.1, 0.15) is 103 Å². The van der Waals surface area contributed by atoms with Crippen LogP contribution < -0.4 is 21.3 Å². The summed E-state index contributed by atoms with van der Waals surface area (Å²) in [6.45, 7) is 30.9. The molecule has 0 spiro atoms. The lowest BCUT2D eigenvalue weighted by molar-refractivity contribution is -0.119. The van der Waals surface area contributed by atoms with Crippen molar-refractivity contribution in [2.24, 2.45) is 23.7 Å². The van der Waals surface area contributed by atoms with Gasteiger partial charge in [0.2, 0.25) is 0 Å². The number of Topliss-reactive ketones (excluding diaryl/α,β-unsaturated/α-hetero) is 1. The molecule has 5 nitrogen and oxygen atoms in total. The molecule has 3 unspecified atom stereocenters. The predicted octanol–water partition coefficient (Wildman–Crippen LogP) is 12.9. The van der Waals surface area contributed by atoms with Crippen LogP contribution in [0.4, 0.5) is 0 Å². The van der Waals surface area contributed by atoms with Crippen LogP contribution in [0.2, 0.25) is 0 Å². The van der Waals surface area contributed by atoms with Crippen molar-refractivity contribution in [1.29, 1.82) is 0 Å². The number of hydrogen-bond acceptors (Lipinski definition) is 5. The molecule has 0 bridgehead atoms. The molecule has 0 radical (unpaired) electrons. The van der Waals surface area contributed by atoms with Crippen LogP contribution in [0.3, 0.4) is 0 Å². The van der Waals surface area contributed by atoms with Crippen molar-refractivity contribution >= 4 is 5.78 Å². The first-order chi connectivity index (χ1) is 30.3. The second-order valence-electron chi connectivity index (χ2n) is 17.3. The molecule has 0 amide bonds. The average Bonchev–Trinajstić information content (AvgIpc) is 3.77. The molecule has 5 rings (SSSR count). The fourth-order valence-corrected chi connectivity index (χ4v) is 7.22. The second-order valence-corrected chi connectivity index (χ2v) is 17.3. The number of aryl methyl sites for hydroxylation is 1. The summed E-state index contributed by atoms with van der Waals surface area (Å²) in [5.41, 5.74) is 6.93. The normalized spacial score (nSPS) is 14.6. The number of hydrogen-bond donors (Lipinski definition) is 4. The Kier molecular flexibility index (Phi) is 29.9. The van der Waals surface area contributed by atoms with Crippen molar-refractivity contribution in [3.05, 3.63) is 194 Å². The highest BCUT2D eigenvalue weighted by Crippen LogP contribution is 2.34. The fourth-order valence-electron chi connectivity index (χ4n) is 7.22. The van der Waals surface area contributed by atoms with E-state index in [0.29, 0.717) is 49.2 Å². The molecule has 0 aromatic heterocycles. The molecule has 4 atom stereocenters. The Morgan fingerprint density at radius 1 is 0.714 bits per heavy atom. The van der Waals surface area contributed by atoms with E-state index in [4.69, 9.17) is 0 Å². The largest absolute Gasteiger partial charge is 0.388 e. The molecular formula is C58H82N4O. The summed E-state index contributed by atoms with van der Waals surface area (Å²) in [6, 6.07) is 44.0. The first kappa shape index (κ1) is 55.4. The fraction of sp³-hybridized carbons (Fsp3) is 0.397. The zero-order valence-electron chi connectivity index (χ0n) is 40.0. The molecule has 4 N–H and O–H groups in total. The van der Waals surface area contributed by atoms with Gasteiger partial charge < -0.3 is 21.3 Å². The first-order valence-electron chi connectivity index (χ1n) is 22.9. The lowest BCUT2D eigenvalue weighted by Crippen LogP contribution is -2.31. The van der Waals surface area contributed by atoms with Crippen molar-refractivity contribution in [1.82, 2.24) is 21.3 Å². The van der Waals surface area contributed by atoms with Crippen LogP contribution in [0.5, 0.6) is 0 Å².